The Hall–Kier alpha value is -2.96. The number of rotatable bonds is 3. The zero-order valence-corrected chi connectivity index (χ0v) is 11.4. The number of benzene rings is 1. The van der Waals surface area contributed by atoms with E-state index < -0.39 is 16.5 Å². The summed E-state index contributed by atoms with van der Waals surface area (Å²) in [6.07, 6.45) is 0. The summed E-state index contributed by atoms with van der Waals surface area (Å²) in [7, 11) is 1.20. The summed E-state index contributed by atoms with van der Waals surface area (Å²) in [5, 5.41) is 11.1. The number of carbonyl (C=O) groups excluding carboxylic acids is 1. The van der Waals surface area contributed by atoms with Gasteiger partial charge in [-0.15, -0.1) is 0 Å². The van der Waals surface area contributed by atoms with Gasteiger partial charge in [0.25, 0.3) is 5.69 Å². The number of hydrogen-bond donors (Lipinski definition) is 1. The van der Waals surface area contributed by atoms with Crippen molar-refractivity contribution in [3.8, 4) is 11.1 Å². The van der Waals surface area contributed by atoms with Crippen LogP contribution in [0.15, 0.2) is 35.1 Å². The largest absolute Gasteiger partial charge is 0.465 e. The number of aromatic amines is 1. The van der Waals surface area contributed by atoms with Crippen molar-refractivity contribution in [1.82, 2.24) is 4.98 Å². The van der Waals surface area contributed by atoms with Gasteiger partial charge in [0.2, 0.25) is 5.56 Å². The van der Waals surface area contributed by atoms with Gasteiger partial charge >= 0.3 is 5.97 Å². The normalized spacial score (nSPS) is 10.2. The molecule has 0 saturated heterocycles. The van der Waals surface area contributed by atoms with Gasteiger partial charge in [0.1, 0.15) is 0 Å². The van der Waals surface area contributed by atoms with Crippen molar-refractivity contribution in [2.45, 2.75) is 6.92 Å². The molecule has 1 N–H and O–H groups in total. The second-order valence-electron chi connectivity index (χ2n) is 4.31. The average Bonchev–Trinajstić information content (AvgIpc) is 2.45. The van der Waals surface area contributed by atoms with Crippen LogP contribution in [0.5, 0.6) is 0 Å². The average molecular weight is 288 g/mol. The molecule has 2 rings (SSSR count). The molecule has 0 aliphatic carbocycles. The van der Waals surface area contributed by atoms with E-state index >= 15 is 0 Å². The molecule has 0 unspecified atom stereocenters. The van der Waals surface area contributed by atoms with Crippen molar-refractivity contribution in [3.63, 3.8) is 0 Å². The number of nitrogens with zero attached hydrogens (tertiary/aromatic N) is 1. The van der Waals surface area contributed by atoms with E-state index in [2.05, 4.69) is 9.72 Å². The number of H-pyrrole nitrogens is 1. The van der Waals surface area contributed by atoms with Crippen molar-refractivity contribution < 1.29 is 14.5 Å². The second-order valence-corrected chi connectivity index (χ2v) is 4.31. The maximum absolute atomic E-state index is 11.9. The van der Waals surface area contributed by atoms with E-state index in [0.29, 0.717) is 5.69 Å². The summed E-state index contributed by atoms with van der Waals surface area (Å²) in [6, 6.07) is 7.06. The molecular formula is C14H12N2O5. The number of aromatic nitrogens is 1. The standard InChI is InChI=1S/C14H12N2O5/c1-8-13(14(18)21-2)10(7-12(17)15-8)9-5-3-4-6-11(9)16(19)20/h3-7H,1-2H3,(H,15,17). The van der Waals surface area contributed by atoms with Gasteiger partial charge in [-0.05, 0) is 13.0 Å². The highest BCUT2D eigenvalue weighted by Crippen LogP contribution is 2.32. The number of nitrogens with one attached hydrogen (secondary N) is 1. The Labute approximate surface area is 119 Å². The molecule has 0 spiro atoms. The zero-order valence-electron chi connectivity index (χ0n) is 11.4. The molecule has 2 aromatic rings. The van der Waals surface area contributed by atoms with Crippen LogP contribution in [-0.4, -0.2) is 23.0 Å². The molecule has 0 amide bonds. The topological polar surface area (TPSA) is 102 Å². The third kappa shape index (κ3) is 2.66. The van der Waals surface area contributed by atoms with Crippen LogP contribution in [0.25, 0.3) is 11.1 Å². The summed E-state index contributed by atoms with van der Waals surface area (Å²) in [6.45, 7) is 1.53. The highest BCUT2D eigenvalue weighted by molar-refractivity contribution is 5.99. The van der Waals surface area contributed by atoms with Gasteiger partial charge in [0.05, 0.1) is 23.2 Å². The molecule has 108 valence electrons. The molecular weight excluding hydrogens is 276 g/mol. The molecule has 0 radical (unpaired) electrons. The number of para-hydroxylation sites is 1. The summed E-state index contributed by atoms with van der Waals surface area (Å²) in [5.41, 5.74) is 0.127. The van der Waals surface area contributed by atoms with E-state index in [4.69, 9.17) is 0 Å². The lowest BCUT2D eigenvalue weighted by Crippen LogP contribution is -2.15. The van der Waals surface area contributed by atoms with Gasteiger partial charge in [-0.2, -0.15) is 0 Å². The van der Waals surface area contributed by atoms with Crippen LogP contribution in [0.2, 0.25) is 0 Å². The third-order valence-electron chi connectivity index (χ3n) is 3.01. The molecule has 1 aromatic heterocycles. The smallest absolute Gasteiger partial charge is 0.340 e. The second kappa shape index (κ2) is 5.58. The summed E-state index contributed by atoms with van der Waals surface area (Å²) in [5.74, 6) is -0.670. The predicted octanol–water partition coefficient (Wildman–Crippen LogP) is 2.05. The lowest BCUT2D eigenvalue weighted by atomic mass is 9.98. The summed E-state index contributed by atoms with van der Waals surface area (Å²) < 4.78 is 4.69. The molecule has 1 aromatic carbocycles. The van der Waals surface area contributed by atoms with Gasteiger partial charge in [0, 0.05) is 23.4 Å². The Bertz CT molecular complexity index is 779. The molecule has 0 atom stereocenters. The van der Waals surface area contributed by atoms with Crippen LogP contribution < -0.4 is 5.56 Å². The van der Waals surface area contributed by atoms with Crippen LogP contribution >= 0.6 is 0 Å². The van der Waals surface area contributed by atoms with Crippen LogP contribution in [0, 0.1) is 17.0 Å². The van der Waals surface area contributed by atoms with E-state index in [-0.39, 0.29) is 22.4 Å². The first-order valence-electron chi connectivity index (χ1n) is 6.01. The Balaban J connectivity index is 2.84. The fourth-order valence-corrected chi connectivity index (χ4v) is 2.13. The Morgan fingerprint density at radius 2 is 1.95 bits per heavy atom. The number of carbonyl (C=O) groups is 1. The molecule has 0 aliphatic rings. The SMILES string of the molecule is COC(=O)c1c(-c2ccccc2[N+](=O)[O-])cc(=O)[nH]c1C. The number of hydrogen-bond acceptors (Lipinski definition) is 5. The Kier molecular flexibility index (Phi) is 3.84. The summed E-state index contributed by atoms with van der Waals surface area (Å²) in [4.78, 5) is 36.6. The van der Waals surface area contributed by atoms with Gasteiger partial charge in [0.15, 0.2) is 0 Å². The minimum atomic E-state index is -0.670. The lowest BCUT2D eigenvalue weighted by molar-refractivity contribution is -0.384. The molecule has 0 fully saturated rings. The van der Waals surface area contributed by atoms with E-state index in [1.54, 1.807) is 6.07 Å². The van der Waals surface area contributed by atoms with Crippen molar-refractivity contribution >= 4 is 11.7 Å². The first kappa shape index (κ1) is 14.4. The molecule has 21 heavy (non-hydrogen) atoms. The highest BCUT2D eigenvalue weighted by atomic mass is 16.6. The van der Waals surface area contributed by atoms with Gasteiger partial charge < -0.3 is 9.72 Å². The third-order valence-corrected chi connectivity index (χ3v) is 3.01. The molecule has 0 saturated carbocycles. The molecule has 7 nitrogen and oxygen atoms in total. The first-order chi connectivity index (χ1) is 9.95. The quantitative estimate of drug-likeness (QED) is 0.529. The monoisotopic (exact) mass is 288 g/mol. The number of nitro groups is 1. The minimum Gasteiger partial charge on any atom is -0.465 e. The lowest BCUT2D eigenvalue weighted by Gasteiger charge is -2.10. The number of nitro benzene ring substituents is 1. The van der Waals surface area contributed by atoms with E-state index in [1.807, 2.05) is 0 Å². The number of ether oxygens (including phenoxy) is 1. The van der Waals surface area contributed by atoms with Crippen molar-refractivity contribution in [2.24, 2.45) is 0 Å². The van der Waals surface area contributed by atoms with Crippen molar-refractivity contribution in [3.05, 3.63) is 62.1 Å². The van der Waals surface area contributed by atoms with Crippen molar-refractivity contribution in [1.29, 1.82) is 0 Å². The fourth-order valence-electron chi connectivity index (χ4n) is 2.13. The molecule has 7 heteroatoms. The molecule has 1 heterocycles. The fraction of sp³-hybridized carbons (Fsp3) is 0.143. The maximum Gasteiger partial charge on any atom is 0.340 e. The maximum atomic E-state index is 11.9. The zero-order chi connectivity index (χ0) is 15.6. The Morgan fingerprint density at radius 3 is 2.57 bits per heavy atom. The van der Waals surface area contributed by atoms with Crippen LogP contribution in [0.1, 0.15) is 16.1 Å². The number of methoxy groups -OCH3 is 1. The van der Waals surface area contributed by atoms with Crippen molar-refractivity contribution in [2.75, 3.05) is 7.11 Å². The van der Waals surface area contributed by atoms with Gasteiger partial charge in [-0.3, -0.25) is 14.9 Å². The first-order valence-corrected chi connectivity index (χ1v) is 6.01. The van der Waals surface area contributed by atoms with E-state index in [1.165, 1.54) is 32.2 Å². The van der Waals surface area contributed by atoms with E-state index in [9.17, 15) is 19.7 Å². The van der Waals surface area contributed by atoms with Crippen LogP contribution in [-0.2, 0) is 4.74 Å². The Morgan fingerprint density at radius 1 is 1.29 bits per heavy atom. The number of pyridine rings is 1. The number of aryl methyl sites for hydroxylation is 1. The molecule has 0 bridgehead atoms. The predicted molar refractivity (Wildman–Crippen MR) is 75.2 cm³/mol. The molecule has 0 aliphatic heterocycles. The minimum absolute atomic E-state index is 0.103. The van der Waals surface area contributed by atoms with E-state index in [0.717, 1.165) is 6.07 Å². The van der Waals surface area contributed by atoms with Gasteiger partial charge in [-0.1, -0.05) is 12.1 Å². The highest BCUT2D eigenvalue weighted by Gasteiger charge is 2.23. The number of esters is 1. The van der Waals surface area contributed by atoms with Gasteiger partial charge in [-0.25, -0.2) is 4.79 Å². The van der Waals surface area contributed by atoms with Crippen LogP contribution in [0.3, 0.4) is 0 Å². The van der Waals surface area contributed by atoms with Crippen LogP contribution in [0.4, 0.5) is 5.69 Å². The summed E-state index contributed by atoms with van der Waals surface area (Å²) >= 11 is 0.